The van der Waals surface area contributed by atoms with Crippen LogP contribution in [0.3, 0.4) is 0 Å². The predicted molar refractivity (Wildman–Crippen MR) is 132 cm³/mol. The molecule has 1 aliphatic heterocycles. The molecule has 3 aromatic rings. The van der Waals surface area contributed by atoms with Crippen LogP contribution in [0.4, 0.5) is 17.5 Å². The van der Waals surface area contributed by atoms with Gasteiger partial charge in [0.2, 0.25) is 5.95 Å². The molecular weight excluding hydrogens is 461 g/mol. The van der Waals surface area contributed by atoms with Crippen LogP contribution in [0.2, 0.25) is 10.0 Å². The van der Waals surface area contributed by atoms with Crippen molar-refractivity contribution in [2.24, 2.45) is 0 Å². The van der Waals surface area contributed by atoms with E-state index in [1.807, 2.05) is 44.2 Å². The van der Waals surface area contributed by atoms with Crippen LogP contribution in [0.1, 0.15) is 11.3 Å². The fourth-order valence-electron chi connectivity index (χ4n) is 3.54. The maximum absolute atomic E-state index is 12.6. The van der Waals surface area contributed by atoms with Gasteiger partial charge in [0.05, 0.1) is 5.02 Å². The van der Waals surface area contributed by atoms with Crippen LogP contribution in [0.25, 0.3) is 0 Å². The number of rotatable bonds is 6. The zero-order chi connectivity index (χ0) is 23.4. The van der Waals surface area contributed by atoms with Crippen LogP contribution < -0.4 is 15.0 Å². The van der Waals surface area contributed by atoms with Crippen molar-refractivity contribution in [3.8, 4) is 5.75 Å². The van der Waals surface area contributed by atoms with E-state index in [9.17, 15) is 4.79 Å². The zero-order valence-corrected chi connectivity index (χ0v) is 20.0. The molecule has 0 bridgehead atoms. The lowest BCUT2D eigenvalue weighted by Crippen LogP contribution is -2.50. The molecule has 33 heavy (non-hydrogen) atoms. The number of aryl methyl sites for hydroxylation is 2. The van der Waals surface area contributed by atoms with Crippen LogP contribution in [-0.2, 0) is 4.79 Å². The SMILES string of the molecule is Cc1ccc(Nc2nc(C)cc(N3CCN(C(=O)COc4ccc(Cl)cc4Cl)CC3)n2)cc1. The number of halogens is 2. The van der Waals surface area contributed by atoms with Gasteiger partial charge in [0, 0.05) is 48.6 Å². The van der Waals surface area contributed by atoms with Crippen LogP contribution in [-0.4, -0.2) is 53.6 Å². The first kappa shape index (κ1) is 23.1. The third-order valence-electron chi connectivity index (χ3n) is 5.35. The van der Waals surface area contributed by atoms with Gasteiger partial charge in [-0.25, -0.2) is 4.98 Å². The molecule has 2 aromatic carbocycles. The van der Waals surface area contributed by atoms with E-state index in [-0.39, 0.29) is 12.5 Å². The quantitative estimate of drug-likeness (QED) is 0.536. The Hall–Kier alpha value is -3.03. The lowest BCUT2D eigenvalue weighted by atomic mass is 10.2. The molecule has 1 fully saturated rings. The van der Waals surface area contributed by atoms with E-state index in [1.165, 1.54) is 5.56 Å². The molecule has 1 aromatic heterocycles. The van der Waals surface area contributed by atoms with E-state index in [4.69, 9.17) is 27.9 Å². The monoisotopic (exact) mass is 485 g/mol. The van der Waals surface area contributed by atoms with Crippen molar-refractivity contribution < 1.29 is 9.53 Å². The van der Waals surface area contributed by atoms with E-state index in [1.54, 1.807) is 23.1 Å². The molecule has 172 valence electrons. The summed E-state index contributed by atoms with van der Waals surface area (Å²) in [4.78, 5) is 25.8. The summed E-state index contributed by atoms with van der Waals surface area (Å²) >= 11 is 12.0. The third kappa shape index (κ3) is 6.06. The molecule has 0 saturated carbocycles. The number of piperazine rings is 1. The number of anilines is 3. The maximum atomic E-state index is 12.6. The molecule has 2 heterocycles. The molecule has 4 rings (SSSR count). The van der Waals surface area contributed by atoms with E-state index < -0.39 is 0 Å². The van der Waals surface area contributed by atoms with Crippen molar-refractivity contribution in [1.29, 1.82) is 0 Å². The summed E-state index contributed by atoms with van der Waals surface area (Å²) in [7, 11) is 0. The van der Waals surface area contributed by atoms with Crippen LogP contribution >= 0.6 is 23.2 Å². The average molecular weight is 486 g/mol. The second kappa shape index (κ2) is 10.3. The Balaban J connectivity index is 1.33. The Kier molecular flexibility index (Phi) is 7.20. The zero-order valence-electron chi connectivity index (χ0n) is 18.5. The molecular formula is C24H25Cl2N5O2. The standard InChI is InChI=1S/C24H25Cl2N5O2/c1-16-3-6-19(7-4-16)28-24-27-17(2)13-22(29-24)30-9-11-31(12-10-30)23(32)15-33-21-8-5-18(25)14-20(21)26/h3-8,13-14H,9-12,15H2,1-2H3,(H,27,28,29). The lowest BCUT2D eigenvalue weighted by molar-refractivity contribution is -0.133. The van der Waals surface area contributed by atoms with Gasteiger partial charge in [-0.15, -0.1) is 0 Å². The summed E-state index contributed by atoms with van der Waals surface area (Å²) in [5.41, 5.74) is 3.01. The van der Waals surface area contributed by atoms with Gasteiger partial charge in [-0.2, -0.15) is 4.98 Å². The highest BCUT2D eigenvalue weighted by molar-refractivity contribution is 6.35. The Morgan fingerprint density at radius 3 is 2.42 bits per heavy atom. The van der Waals surface area contributed by atoms with Crippen LogP contribution in [0.5, 0.6) is 5.75 Å². The number of carbonyl (C=O) groups excluding carboxylic acids is 1. The highest BCUT2D eigenvalue weighted by Gasteiger charge is 2.23. The van der Waals surface area contributed by atoms with Gasteiger partial charge >= 0.3 is 0 Å². The predicted octanol–water partition coefficient (Wildman–Crippen LogP) is 4.87. The molecule has 1 amide bonds. The number of amides is 1. The van der Waals surface area contributed by atoms with E-state index in [0.29, 0.717) is 47.9 Å². The highest BCUT2D eigenvalue weighted by Crippen LogP contribution is 2.27. The highest BCUT2D eigenvalue weighted by atomic mass is 35.5. The number of nitrogens with zero attached hydrogens (tertiary/aromatic N) is 4. The minimum atomic E-state index is -0.0822. The molecule has 0 atom stereocenters. The minimum Gasteiger partial charge on any atom is -0.482 e. The third-order valence-corrected chi connectivity index (χ3v) is 5.88. The summed E-state index contributed by atoms with van der Waals surface area (Å²) in [5.74, 6) is 1.76. The first-order valence-corrected chi connectivity index (χ1v) is 11.4. The Morgan fingerprint density at radius 2 is 1.73 bits per heavy atom. The van der Waals surface area contributed by atoms with E-state index >= 15 is 0 Å². The molecule has 0 unspecified atom stereocenters. The molecule has 1 N–H and O–H groups in total. The second-order valence-electron chi connectivity index (χ2n) is 7.91. The normalized spacial score (nSPS) is 13.7. The topological polar surface area (TPSA) is 70.6 Å². The van der Waals surface area contributed by atoms with Crippen molar-refractivity contribution in [2.45, 2.75) is 13.8 Å². The number of aromatic nitrogens is 2. The number of hydrogen-bond acceptors (Lipinski definition) is 6. The molecule has 0 radical (unpaired) electrons. The molecule has 1 saturated heterocycles. The largest absolute Gasteiger partial charge is 0.482 e. The fraction of sp³-hybridized carbons (Fsp3) is 0.292. The maximum Gasteiger partial charge on any atom is 0.260 e. The summed E-state index contributed by atoms with van der Waals surface area (Å²) < 4.78 is 5.59. The van der Waals surface area contributed by atoms with Crippen LogP contribution in [0.15, 0.2) is 48.5 Å². The number of nitrogens with one attached hydrogen (secondary N) is 1. The smallest absolute Gasteiger partial charge is 0.260 e. The van der Waals surface area contributed by atoms with Crippen molar-refractivity contribution >= 4 is 46.6 Å². The van der Waals surface area contributed by atoms with Gasteiger partial charge in [-0.3, -0.25) is 4.79 Å². The Bertz CT molecular complexity index is 1130. The van der Waals surface area contributed by atoms with E-state index in [2.05, 4.69) is 20.2 Å². The summed E-state index contributed by atoms with van der Waals surface area (Å²) in [6.45, 7) is 6.44. The van der Waals surface area contributed by atoms with Crippen molar-refractivity contribution in [2.75, 3.05) is 43.0 Å². The van der Waals surface area contributed by atoms with Gasteiger partial charge in [-0.05, 0) is 44.2 Å². The molecule has 1 aliphatic rings. The van der Waals surface area contributed by atoms with Crippen molar-refractivity contribution in [1.82, 2.24) is 14.9 Å². The number of benzene rings is 2. The minimum absolute atomic E-state index is 0.0708. The van der Waals surface area contributed by atoms with Gasteiger partial charge in [0.15, 0.2) is 6.61 Å². The summed E-state index contributed by atoms with van der Waals surface area (Å²) in [6, 6.07) is 15.0. The number of hydrogen-bond donors (Lipinski definition) is 1. The van der Waals surface area contributed by atoms with Crippen molar-refractivity contribution in [3.63, 3.8) is 0 Å². The average Bonchev–Trinajstić information content (AvgIpc) is 2.79. The van der Waals surface area contributed by atoms with Gasteiger partial charge in [0.1, 0.15) is 11.6 Å². The first-order valence-electron chi connectivity index (χ1n) is 10.7. The van der Waals surface area contributed by atoms with Gasteiger partial charge < -0.3 is 19.9 Å². The van der Waals surface area contributed by atoms with Crippen LogP contribution in [0, 0.1) is 13.8 Å². The molecule has 0 spiro atoms. The Labute approximate surface area is 203 Å². The molecule has 9 heteroatoms. The first-order chi connectivity index (χ1) is 15.9. The van der Waals surface area contributed by atoms with Gasteiger partial charge in [-0.1, -0.05) is 40.9 Å². The molecule has 0 aliphatic carbocycles. The van der Waals surface area contributed by atoms with Crippen molar-refractivity contribution in [3.05, 3.63) is 69.8 Å². The summed E-state index contributed by atoms with van der Waals surface area (Å²) in [6.07, 6.45) is 0. The van der Waals surface area contributed by atoms with E-state index in [0.717, 1.165) is 17.2 Å². The number of ether oxygens (including phenoxy) is 1. The summed E-state index contributed by atoms with van der Waals surface area (Å²) in [5, 5.41) is 4.17. The Morgan fingerprint density at radius 1 is 1.00 bits per heavy atom. The second-order valence-corrected chi connectivity index (χ2v) is 8.76. The molecule has 7 nitrogen and oxygen atoms in total. The fourth-order valence-corrected chi connectivity index (χ4v) is 4.01. The number of carbonyl (C=O) groups is 1. The van der Waals surface area contributed by atoms with Gasteiger partial charge in [0.25, 0.3) is 5.91 Å². The lowest BCUT2D eigenvalue weighted by Gasteiger charge is -2.35.